The summed E-state index contributed by atoms with van der Waals surface area (Å²) in [5.41, 5.74) is 0.257. The van der Waals surface area contributed by atoms with Crippen molar-refractivity contribution in [2.45, 2.75) is 32.5 Å². The molecule has 5 heteroatoms. The minimum absolute atomic E-state index is 0.257. The monoisotopic (exact) mass is 354 g/mol. The van der Waals surface area contributed by atoms with Crippen LogP contribution < -0.4 is 9.47 Å². The Hall–Kier alpha value is -3.08. The first-order chi connectivity index (χ1) is 12.6. The fourth-order valence-corrected chi connectivity index (χ4v) is 2.22. The van der Waals surface area contributed by atoms with Gasteiger partial charge in [0.1, 0.15) is 17.1 Å². The van der Waals surface area contributed by atoms with Gasteiger partial charge in [0.15, 0.2) is 0 Å². The van der Waals surface area contributed by atoms with Gasteiger partial charge in [-0.05, 0) is 30.7 Å². The molecule has 0 fully saturated rings. The summed E-state index contributed by atoms with van der Waals surface area (Å²) < 4.78 is 16.4. The van der Waals surface area contributed by atoms with E-state index < -0.39 is 18.2 Å². The van der Waals surface area contributed by atoms with Crippen LogP contribution in [0.2, 0.25) is 0 Å². The maximum absolute atomic E-state index is 12.5. The molecule has 0 aliphatic rings. The van der Waals surface area contributed by atoms with Crippen LogP contribution in [0.1, 0.15) is 36.5 Å². The maximum Gasteiger partial charge on any atom is 0.347 e. The molecule has 136 valence electrons. The molecule has 0 saturated heterocycles. The van der Waals surface area contributed by atoms with Crippen LogP contribution in [0.5, 0.6) is 11.5 Å². The molecular weight excluding hydrogens is 332 g/mol. The molecule has 0 N–H and O–H groups in total. The average Bonchev–Trinajstić information content (AvgIpc) is 2.67. The summed E-state index contributed by atoms with van der Waals surface area (Å²) in [7, 11) is 0. The molecule has 0 aliphatic heterocycles. The van der Waals surface area contributed by atoms with Crippen LogP contribution in [0.3, 0.4) is 0 Å². The van der Waals surface area contributed by atoms with Gasteiger partial charge in [0.25, 0.3) is 0 Å². The van der Waals surface area contributed by atoms with Gasteiger partial charge in [-0.2, -0.15) is 0 Å². The van der Waals surface area contributed by atoms with Gasteiger partial charge in [0, 0.05) is 12.5 Å². The smallest absolute Gasteiger partial charge is 0.347 e. The van der Waals surface area contributed by atoms with Crippen LogP contribution in [0, 0.1) is 0 Å². The lowest BCUT2D eigenvalue weighted by Gasteiger charge is -2.20. The minimum Gasteiger partial charge on any atom is -0.454 e. The van der Waals surface area contributed by atoms with Crippen molar-refractivity contribution >= 4 is 11.9 Å². The lowest BCUT2D eigenvalue weighted by molar-refractivity contribution is -0.158. The molecule has 1 unspecified atom stereocenters. The predicted octanol–water partition coefficient (Wildman–Crippen LogP) is 4.53. The van der Waals surface area contributed by atoms with Gasteiger partial charge in [-0.3, -0.25) is 0 Å². The second-order valence-electron chi connectivity index (χ2n) is 5.53. The van der Waals surface area contributed by atoms with E-state index in [0.29, 0.717) is 17.9 Å². The number of hydrogen-bond donors (Lipinski definition) is 0. The fourth-order valence-electron chi connectivity index (χ4n) is 2.22. The van der Waals surface area contributed by atoms with Gasteiger partial charge in [-0.15, -0.1) is 0 Å². The van der Waals surface area contributed by atoms with Crippen LogP contribution in [0.4, 0.5) is 0 Å². The maximum atomic E-state index is 12.5. The Morgan fingerprint density at radius 1 is 1.08 bits per heavy atom. The number of esters is 2. The molecule has 2 aromatic rings. The Morgan fingerprint density at radius 3 is 2.46 bits per heavy atom. The highest BCUT2D eigenvalue weighted by atomic mass is 16.7. The fraction of sp³-hybridized carbons (Fsp3) is 0.238. The number of rotatable bonds is 9. The second-order valence-corrected chi connectivity index (χ2v) is 5.53. The standard InChI is InChI=1S/C21H22O5/c1-3-5-15-20(26-19(22)4-2)25-18-14-10-9-13-17(18)21(23)24-16-11-7-6-8-12-16/h4,6-14,20H,2-3,5,15H2,1H3. The van der Waals surface area contributed by atoms with Crippen molar-refractivity contribution in [1.29, 1.82) is 0 Å². The molecule has 2 aromatic carbocycles. The number of benzene rings is 2. The predicted molar refractivity (Wildman–Crippen MR) is 98.1 cm³/mol. The van der Waals surface area contributed by atoms with Gasteiger partial charge in [0.05, 0.1) is 0 Å². The molecule has 2 rings (SSSR count). The molecule has 0 radical (unpaired) electrons. The van der Waals surface area contributed by atoms with E-state index in [9.17, 15) is 9.59 Å². The summed E-state index contributed by atoms with van der Waals surface area (Å²) >= 11 is 0. The summed E-state index contributed by atoms with van der Waals surface area (Å²) in [5, 5.41) is 0. The average molecular weight is 354 g/mol. The largest absolute Gasteiger partial charge is 0.454 e. The third-order valence-electron chi connectivity index (χ3n) is 3.53. The van der Waals surface area contributed by atoms with E-state index in [2.05, 4.69) is 6.58 Å². The Balaban J connectivity index is 2.16. The number of unbranched alkanes of at least 4 members (excludes halogenated alkanes) is 1. The molecule has 0 aromatic heterocycles. The first kappa shape index (κ1) is 19.2. The van der Waals surface area contributed by atoms with Gasteiger partial charge in [0.2, 0.25) is 6.29 Å². The lowest BCUT2D eigenvalue weighted by Crippen LogP contribution is -2.24. The lowest BCUT2D eigenvalue weighted by atomic mass is 10.2. The summed E-state index contributed by atoms with van der Waals surface area (Å²) in [4.78, 5) is 24.0. The topological polar surface area (TPSA) is 61.8 Å². The van der Waals surface area contributed by atoms with E-state index in [-0.39, 0.29) is 5.56 Å². The number of ether oxygens (including phenoxy) is 3. The number of hydrogen-bond acceptors (Lipinski definition) is 5. The zero-order valence-electron chi connectivity index (χ0n) is 14.7. The van der Waals surface area contributed by atoms with Crippen LogP contribution in [0.15, 0.2) is 67.3 Å². The van der Waals surface area contributed by atoms with E-state index in [0.717, 1.165) is 18.9 Å². The van der Waals surface area contributed by atoms with Crippen molar-refractivity contribution < 1.29 is 23.8 Å². The summed E-state index contributed by atoms with van der Waals surface area (Å²) in [6.07, 6.45) is 2.52. The van der Waals surface area contributed by atoms with Crippen molar-refractivity contribution in [3.05, 3.63) is 72.8 Å². The summed E-state index contributed by atoms with van der Waals surface area (Å²) in [6.45, 7) is 5.41. The van der Waals surface area contributed by atoms with Crippen LogP contribution in [0.25, 0.3) is 0 Å². The SMILES string of the molecule is C=CC(=O)OC(CCCC)Oc1ccccc1C(=O)Oc1ccccc1. The van der Waals surface area contributed by atoms with Crippen LogP contribution >= 0.6 is 0 Å². The van der Waals surface area contributed by atoms with E-state index in [1.807, 2.05) is 13.0 Å². The third kappa shape index (κ3) is 5.77. The van der Waals surface area contributed by atoms with Crippen molar-refractivity contribution in [1.82, 2.24) is 0 Å². The molecule has 26 heavy (non-hydrogen) atoms. The summed E-state index contributed by atoms with van der Waals surface area (Å²) in [5.74, 6) is -0.383. The molecule has 0 aliphatic carbocycles. The van der Waals surface area contributed by atoms with Gasteiger partial charge >= 0.3 is 11.9 Å². The Kier molecular flexibility index (Phi) is 7.43. The van der Waals surface area contributed by atoms with Crippen molar-refractivity contribution in [3.8, 4) is 11.5 Å². The second kappa shape index (κ2) is 10.0. The van der Waals surface area contributed by atoms with E-state index in [1.165, 1.54) is 0 Å². The highest BCUT2D eigenvalue weighted by Crippen LogP contribution is 2.23. The highest BCUT2D eigenvalue weighted by Gasteiger charge is 2.20. The van der Waals surface area contributed by atoms with Crippen molar-refractivity contribution in [2.75, 3.05) is 0 Å². The molecule has 0 amide bonds. The van der Waals surface area contributed by atoms with Gasteiger partial charge in [-0.1, -0.05) is 50.3 Å². The summed E-state index contributed by atoms with van der Waals surface area (Å²) in [6, 6.07) is 15.5. The van der Waals surface area contributed by atoms with Crippen LogP contribution in [-0.4, -0.2) is 18.2 Å². The first-order valence-electron chi connectivity index (χ1n) is 8.50. The Bertz CT molecular complexity index is 739. The Morgan fingerprint density at radius 2 is 1.77 bits per heavy atom. The highest BCUT2D eigenvalue weighted by molar-refractivity contribution is 5.94. The molecule has 0 spiro atoms. The van der Waals surface area contributed by atoms with Crippen molar-refractivity contribution in [3.63, 3.8) is 0 Å². The number of carbonyl (C=O) groups excluding carboxylic acids is 2. The van der Waals surface area contributed by atoms with E-state index in [1.54, 1.807) is 48.5 Å². The van der Waals surface area contributed by atoms with Crippen LogP contribution in [-0.2, 0) is 9.53 Å². The van der Waals surface area contributed by atoms with Crippen molar-refractivity contribution in [2.24, 2.45) is 0 Å². The Labute approximate surface area is 153 Å². The van der Waals surface area contributed by atoms with E-state index in [4.69, 9.17) is 14.2 Å². The zero-order chi connectivity index (χ0) is 18.8. The third-order valence-corrected chi connectivity index (χ3v) is 3.53. The minimum atomic E-state index is -0.800. The first-order valence-corrected chi connectivity index (χ1v) is 8.50. The quantitative estimate of drug-likeness (QED) is 0.286. The van der Waals surface area contributed by atoms with Gasteiger partial charge in [-0.25, -0.2) is 9.59 Å². The molecule has 0 bridgehead atoms. The van der Waals surface area contributed by atoms with E-state index >= 15 is 0 Å². The molecule has 0 heterocycles. The molecule has 1 atom stereocenters. The number of carbonyl (C=O) groups is 2. The normalized spacial score (nSPS) is 11.3. The molecule has 5 nitrogen and oxygen atoms in total. The molecular formula is C21H22O5. The zero-order valence-corrected chi connectivity index (χ0v) is 14.7. The molecule has 0 saturated carbocycles. The van der Waals surface area contributed by atoms with Gasteiger partial charge < -0.3 is 14.2 Å². The number of para-hydroxylation sites is 2.